The minimum absolute atomic E-state index is 0.0523. The lowest BCUT2D eigenvalue weighted by atomic mass is 10.2. The van der Waals surface area contributed by atoms with Crippen LogP contribution in [0.5, 0.6) is 5.88 Å². The summed E-state index contributed by atoms with van der Waals surface area (Å²) in [5, 5.41) is 2.65. The quantitative estimate of drug-likeness (QED) is 0.567. The SMILES string of the molecule is O=C(Nc1nc(-c2ccc(F)cc2)ns1)c1ccc(OCC(F)(F)C(F)F)nc1. The fourth-order valence-corrected chi connectivity index (χ4v) is 2.58. The first-order valence-corrected chi connectivity index (χ1v) is 8.68. The summed E-state index contributed by atoms with van der Waals surface area (Å²) in [6.45, 7) is -1.54. The molecule has 0 atom stereocenters. The highest BCUT2D eigenvalue weighted by molar-refractivity contribution is 7.10. The van der Waals surface area contributed by atoms with E-state index in [4.69, 9.17) is 0 Å². The lowest BCUT2D eigenvalue weighted by Gasteiger charge is -2.15. The molecule has 0 fully saturated rings. The number of benzene rings is 1. The van der Waals surface area contributed by atoms with Gasteiger partial charge in [-0.05, 0) is 30.3 Å². The number of rotatable bonds is 7. The van der Waals surface area contributed by atoms with E-state index in [-0.39, 0.29) is 16.6 Å². The van der Waals surface area contributed by atoms with Gasteiger partial charge in [0, 0.05) is 29.4 Å². The Hall–Kier alpha value is -3.15. The van der Waals surface area contributed by atoms with Gasteiger partial charge in [0.1, 0.15) is 5.82 Å². The lowest BCUT2D eigenvalue weighted by molar-refractivity contribution is -0.148. The Bertz CT molecular complexity index is 980. The number of nitrogens with zero attached hydrogens (tertiary/aromatic N) is 3. The third-order valence-electron chi connectivity index (χ3n) is 3.48. The molecule has 0 unspecified atom stereocenters. The monoisotopic (exact) mass is 430 g/mol. The molecular weight excluding hydrogens is 419 g/mol. The smallest absolute Gasteiger partial charge is 0.340 e. The van der Waals surface area contributed by atoms with Crippen LogP contribution in [0.15, 0.2) is 42.6 Å². The van der Waals surface area contributed by atoms with Crippen LogP contribution in [0.4, 0.5) is 27.1 Å². The molecule has 0 spiro atoms. The van der Waals surface area contributed by atoms with Gasteiger partial charge in [0.15, 0.2) is 12.4 Å². The number of ether oxygens (including phenoxy) is 1. The lowest BCUT2D eigenvalue weighted by Crippen LogP contribution is -2.33. The summed E-state index contributed by atoms with van der Waals surface area (Å²) >= 11 is 0.902. The molecule has 2 heterocycles. The van der Waals surface area contributed by atoms with E-state index < -0.39 is 30.7 Å². The van der Waals surface area contributed by atoms with Crippen molar-refractivity contribution in [2.75, 3.05) is 11.9 Å². The second-order valence-corrected chi connectivity index (χ2v) is 6.37. The number of hydrogen-bond acceptors (Lipinski definition) is 6. The second-order valence-electron chi connectivity index (χ2n) is 5.62. The van der Waals surface area contributed by atoms with Crippen molar-refractivity contribution in [3.8, 4) is 17.3 Å². The number of pyridine rings is 1. The summed E-state index contributed by atoms with van der Waals surface area (Å²) in [5.74, 6) is -5.36. The van der Waals surface area contributed by atoms with Crippen molar-refractivity contribution in [2.45, 2.75) is 12.3 Å². The molecule has 0 aliphatic heterocycles. The maximum atomic E-state index is 13.0. The summed E-state index contributed by atoms with van der Waals surface area (Å²) in [6.07, 6.45) is -2.83. The first kappa shape index (κ1) is 20.6. The van der Waals surface area contributed by atoms with Gasteiger partial charge in [0.25, 0.3) is 5.91 Å². The number of nitrogens with one attached hydrogen (secondary N) is 1. The van der Waals surface area contributed by atoms with Crippen LogP contribution in [0, 0.1) is 5.82 Å². The standard InChI is InChI=1S/C17H11F5N4O2S/c18-11-4-1-9(2-5-11)13-24-16(29-26-13)25-14(27)10-3-6-12(23-7-10)28-8-17(21,22)15(19)20/h1-7,15H,8H2,(H,24,25,26,27). The average Bonchev–Trinajstić information content (AvgIpc) is 3.15. The molecule has 1 aromatic carbocycles. The molecule has 6 nitrogen and oxygen atoms in total. The summed E-state index contributed by atoms with van der Waals surface area (Å²) in [7, 11) is 0. The van der Waals surface area contributed by atoms with Gasteiger partial charge in [0.2, 0.25) is 11.0 Å². The first-order valence-electron chi connectivity index (χ1n) is 7.90. The summed E-state index contributed by atoms with van der Waals surface area (Å²) in [4.78, 5) is 20.0. The maximum Gasteiger partial charge on any atom is 0.340 e. The van der Waals surface area contributed by atoms with Gasteiger partial charge in [-0.2, -0.15) is 18.1 Å². The molecule has 3 rings (SSSR count). The highest BCUT2D eigenvalue weighted by Crippen LogP contribution is 2.24. The Morgan fingerprint density at radius 1 is 1.17 bits per heavy atom. The Morgan fingerprint density at radius 2 is 1.90 bits per heavy atom. The molecule has 0 saturated carbocycles. The topological polar surface area (TPSA) is 77.0 Å². The number of carbonyl (C=O) groups is 1. The Labute approximate surface area is 164 Å². The molecular formula is C17H11F5N4O2S. The molecule has 0 saturated heterocycles. The Morgan fingerprint density at radius 3 is 2.52 bits per heavy atom. The molecule has 152 valence electrons. The number of anilines is 1. The van der Waals surface area contributed by atoms with Gasteiger partial charge in [-0.25, -0.2) is 18.2 Å². The van der Waals surface area contributed by atoms with Crippen LogP contribution in [-0.4, -0.2) is 39.2 Å². The van der Waals surface area contributed by atoms with E-state index in [2.05, 4.69) is 24.4 Å². The Balaban J connectivity index is 1.60. The van der Waals surface area contributed by atoms with Crippen LogP contribution in [0.25, 0.3) is 11.4 Å². The van der Waals surface area contributed by atoms with Gasteiger partial charge in [0.05, 0.1) is 5.56 Å². The molecule has 3 aromatic rings. The molecule has 0 radical (unpaired) electrons. The van der Waals surface area contributed by atoms with E-state index in [1.807, 2.05) is 0 Å². The molecule has 12 heteroatoms. The predicted octanol–water partition coefficient (Wildman–Crippen LogP) is 4.27. The van der Waals surface area contributed by atoms with Crippen LogP contribution < -0.4 is 10.1 Å². The second kappa shape index (κ2) is 8.47. The van der Waals surface area contributed by atoms with Crippen LogP contribution in [-0.2, 0) is 0 Å². The van der Waals surface area contributed by atoms with E-state index in [1.54, 1.807) is 0 Å². The minimum Gasteiger partial charge on any atom is -0.471 e. The maximum absolute atomic E-state index is 13.0. The zero-order valence-electron chi connectivity index (χ0n) is 14.3. The van der Waals surface area contributed by atoms with E-state index in [0.29, 0.717) is 11.4 Å². The van der Waals surface area contributed by atoms with Crippen LogP contribution in [0.1, 0.15) is 10.4 Å². The molecule has 1 N–H and O–H groups in total. The minimum atomic E-state index is -4.31. The van der Waals surface area contributed by atoms with Crippen LogP contribution >= 0.6 is 11.5 Å². The molecule has 29 heavy (non-hydrogen) atoms. The van der Waals surface area contributed by atoms with Gasteiger partial charge in [-0.3, -0.25) is 10.1 Å². The number of amides is 1. The van der Waals surface area contributed by atoms with Gasteiger partial charge in [-0.15, -0.1) is 0 Å². The van der Waals surface area contributed by atoms with E-state index in [9.17, 15) is 26.7 Å². The average molecular weight is 430 g/mol. The Kier molecular flexibility index (Phi) is 6.01. The fourth-order valence-electron chi connectivity index (χ4n) is 1.99. The largest absolute Gasteiger partial charge is 0.471 e. The van der Waals surface area contributed by atoms with Crippen LogP contribution in [0.3, 0.4) is 0 Å². The van der Waals surface area contributed by atoms with Crippen LogP contribution in [0.2, 0.25) is 0 Å². The number of carbonyl (C=O) groups excluding carboxylic acids is 1. The number of aromatic nitrogens is 3. The zero-order chi connectivity index (χ0) is 21.0. The van der Waals surface area contributed by atoms with Crippen molar-refractivity contribution in [2.24, 2.45) is 0 Å². The zero-order valence-corrected chi connectivity index (χ0v) is 15.1. The van der Waals surface area contributed by atoms with Crippen molar-refractivity contribution in [3.63, 3.8) is 0 Å². The van der Waals surface area contributed by atoms with Crippen molar-refractivity contribution < 1.29 is 31.5 Å². The van der Waals surface area contributed by atoms with E-state index >= 15 is 0 Å². The van der Waals surface area contributed by atoms with E-state index in [1.165, 1.54) is 30.3 Å². The summed E-state index contributed by atoms with van der Waals surface area (Å²) in [6, 6.07) is 7.80. The van der Waals surface area contributed by atoms with Crippen molar-refractivity contribution in [1.82, 2.24) is 14.3 Å². The van der Waals surface area contributed by atoms with E-state index in [0.717, 1.165) is 23.8 Å². The van der Waals surface area contributed by atoms with Gasteiger partial charge in [-0.1, -0.05) is 0 Å². The normalized spacial score (nSPS) is 11.5. The highest BCUT2D eigenvalue weighted by Gasteiger charge is 2.41. The first-order chi connectivity index (χ1) is 13.7. The van der Waals surface area contributed by atoms with Crippen molar-refractivity contribution in [1.29, 1.82) is 0 Å². The molecule has 1 amide bonds. The molecule has 0 aliphatic carbocycles. The predicted molar refractivity (Wildman–Crippen MR) is 93.9 cm³/mol. The fraction of sp³-hybridized carbons (Fsp3) is 0.176. The molecule has 0 aliphatic rings. The summed E-state index contributed by atoms with van der Waals surface area (Å²) < 4.78 is 71.4. The third-order valence-corrected chi connectivity index (χ3v) is 4.11. The number of halogens is 5. The van der Waals surface area contributed by atoms with Crippen molar-refractivity contribution >= 4 is 22.6 Å². The number of hydrogen-bond donors (Lipinski definition) is 1. The molecule has 0 bridgehead atoms. The highest BCUT2D eigenvalue weighted by atomic mass is 32.1. The molecule has 2 aromatic heterocycles. The van der Waals surface area contributed by atoms with Gasteiger partial charge < -0.3 is 4.74 Å². The summed E-state index contributed by atoms with van der Waals surface area (Å²) in [5.41, 5.74) is 0.614. The third kappa shape index (κ3) is 5.22. The number of alkyl halides is 4. The van der Waals surface area contributed by atoms with Gasteiger partial charge >= 0.3 is 12.3 Å². The van der Waals surface area contributed by atoms with Crippen molar-refractivity contribution in [3.05, 3.63) is 54.0 Å².